The molecule has 10 heteroatoms. The van der Waals surface area contributed by atoms with Crippen LogP contribution in [0.15, 0.2) is 48.8 Å². The Morgan fingerprint density at radius 2 is 1.85 bits per heavy atom. The molecule has 0 spiro atoms. The van der Waals surface area contributed by atoms with E-state index in [9.17, 15) is 18.3 Å². The molecule has 0 aliphatic rings. The van der Waals surface area contributed by atoms with Crippen molar-refractivity contribution in [3.05, 3.63) is 65.1 Å². The molecule has 0 radical (unpaired) electrons. The Bertz CT molecular complexity index is 913. The van der Waals surface area contributed by atoms with Crippen molar-refractivity contribution in [1.29, 1.82) is 0 Å². The lowest BCUT2D eigenvalue weighted by atomic mass is 9.94. The fourth-order valence-electron chi connectivity index (χ4n) is 2.49. The average molecular weight is 399 g/mol. The van der Waals surface area contributed by atoms with E-state index in [4.69, 9.17) is 16.3 Å². The maximum absolute atomic E-state index is 13.5. The Hall–Kier alpha value is -2.65. The van der Waals surface area contributed by atoms with E-state index in [1.165, 1.54) is 42.2 Å². The molecule has 1 N–H and O–H groups in total. The number of pyridine rings is 1. The topological polar surface area (TPSA) is 73.1 Å². The Labute approximate surface area is 157 Å². The van der Waals surface area contributed by atoms with Gasteiger partial charge in [-0.05, 0) is 37.3 Å². The number of ether oxygens (including phenoxy) is 1. The van der Waals surface area contributed by atoms with E-state index >= 15 is 0 Å². The largest absolute Gasteiger partial charge is 0.439 e. The van der Waals surface area contributed by atoms with Gasteiger partial charge in [-0.2, -0.15) is 13.2 Å². The van der Waals surface area contributed by atoms with Crippen LogP contribution in [0.25, 0.3) is 0 Å². The molecule has 1 unspecified atom stereocenters. The number of halogens is 4. The first-order chi connectivity index (χ1) is 12.6. The Balaban J connectivity index is 1.95. The summed E-state index contributed by atoms with van der Waals surface area (Å²) in [4.78, 5) is 3.57. The second-order valence-electron chi connectivity index (χ2n) is 5.97. The van der Waals surface area contributed by atoms with E-state index in [-0.39, 0.29) is 18.2 Å². The minimum absolute atomic E-state index is 0.227. The van der Waals surface area contributed by atoms with Gasteiger partial charge >= 0.3 is 6.18 Å². The highest BCUT2D eigenvalue weighted by Crippen LogP contribution is 2.38. The zero-order valence-electron chi connectivity index (χ0n) is 14.0. The lowest BCUT2D eigenvalue weighted by Gasteiger charge is -2.26. The summed E-state index contributed by atoms with van der Waals surface area (Å²) in [5.74, 6) is 0.0205. The minimum atomic E-state index is -4.79. The van der Waals surface area contributed by atoms with E-state index in [2.05, 4.69) is 15.3 Å². The molecular weight excluding hydrogens is 385 g/mol. The molecule has 0 saturated heterocycles. The van der Waals surface area contributed by atoms with Crippen LogP contribution in [0.1, 0.15) is 18.2 Å². The van der Waals surface area contributed by atoms with Crippen molar-refractivity contribution < 1.29 is 23.0 Å². The van der Waals surface area contributed by atoms with Gasteiger partial charge in [0, 0.05) is 22.8 Å². The van der Waals surface area contributed by atoms with Crippen molar-refractivity contribution in [1.82, 2.24) is 20.0 Å². The van der Waals surface area contributed by atoms with Crippen LogP contribution >= 0.6 is 11.6 Å². The summed E-state index contributed by atoms with van der Waals surface area (Å²) < 4.78 is 47.2. The van der Waals surface area contributed by atoms with E-state index in [1.54, 1.807) is 12.1 Å². The molecular formula is C17H14ClF3N4O2. The summed E-state index contributed by atoms with van der Waals surface area (Å²) >= 11 is 5.77. The van der Waals surface area contributed by atoms with E-state index in [0.29, 0.717) is 5.02 Å². The highest BCUT2D eigenvalue weighted by Gasteiger charge is 2.41. The highest BCUT2D eigenvalue weighted by atomic mass is 35.5. The van der Waals surface area contributed by atoms with Crippen LogP contribution in [0.4, 0.5) is 13.2 Å². The quantitative estimate of drug-likeness (QED) is 0.702. The van der Waals surface area contributed by atoms with Gasteiger partial charge in [-0.3, -0.25) is 0 Å². The number of aliphatic hydroxyl groups is 1. The van der Waals surface area contributed by atoms with Crippen molar-refractivity contribution >= 4 is 11.6 Å². The number of hydrogen-bond donors (Lipinski definition) is 1. The summed E-state index contributed by atoms with van der Waals surface area (Å²) in [6, 6.07) is 8.49. The predicted octanol–water partition coefficient (Wildman–Crippen LogP) is 4.05. The van der Waals surface area contributed by atoms with E-state index < -0.39 is 23.0 Å². The van der Waals surface area contributed by atoms with Gasteiger partial charge in [-0.1, -0.05) is 16.8 Å². The van der Waals surface area contributed by atoms with Crippen LogP contribution in [0.3, 0.4) is 0 Å². The fourth-order valence-corrected chi connectivity index (χ4v) is 2.62. The monoisotopic (exact) mass is 398 g/mol. The molecule has 0 saturated carbocycles. The third-order valence-electron chi connectivity index (χ3n) is 3.70. The average Bonchev–Trinajstić information content (AvgIpc) is 3.08. The molecule has 3 rings (SSSR count). The van der Waals surface area contributed by atoms with Crippen LogP contribution in [-0.4, -0.2) is 25.1 Å². The van der Waals surface area contributed by atoms with E-state index in [1.807, 2.05) is 0 Å². The lowest BCUT2D eigenvalue weighted by molar-refractivity contribution is -0.144. The van der Waals surface area contributed by atoms with Gasteiger partial charge in [0.2, 0.25) is 5.88 Å². The molecule has 0 aliphatic heterocycles. The SMILES string of the molecule is CC(O)(Cn1ccnn1)c1ccc(Oc2ccc(Cl)cc2)nc1C(F)(F)F. The predicted molar refractivity (Wildman–Crippen MR) is 90.4 cm³/mol. The number of aromatic nitrogens is 4. The molecule has 1 atom stereocenters. The van der Waals surface area contributed by atoms with Crippen molar-refractivity contribution in [3.8, 4) is 11.6 Å². The smallest absolute Gasteiger partial charge is 0.433 e. The number of benzene rings is 1. The zero-order chi connectivity index (χ0) is 19.7. The van der Waals surface area contributed by atoms with Gasteiger partial charge in [0.05, 0.1) is 12.7 Å². The first-order valence-corrected chi connectivity index (χ1v) is 8.11. The molecule has 0 amide bonds. The molecule has 3 aromatic rings. The Kier molecular flexibility index (Phi) is 5.07. The molecule has 0 bridgehead atoms. The van der Waals surface area contributed by atoms with Crippen LogP contribution in [0.2, 0.25) is 5.02 Å². The normalized spacial score (nSPS) is 14.0. The first-order valence-electron chi connectivity index (χ1n) is 7.74. The maximum atomic E-state index is 13.5. The van der Waals surface area contributed by atoms with Crippen LogP contribution < -0.4 is 4.74 Å². The summed E-state index contributed by atoms with van der Waals surface area (Å²) in [5.41, 5.74) is -3.52. The third kappa shape index (κ3) is 4.55. The lowest BCUT2D eigenvalue weighted by Crippen LogP contribution is -2.31. The third-order valence-corrected chi connectivity index (χ3v) is 3.95. The summed E-state index contributed by atoms with van der Waals surface area (Å²) in [6.07, 6.45) is -1.99. The van der Waals surface area contributed by atoms with Crippen molar-refractivity contribution in [2.75, 3.05) is 0 Å². The fraction of sp³-hybridized carbons (Fsp3) is 0.235. The molecule has 0 aliphatic carbocycles. The number of hydrogen-bond acceptors (Lipinski definition) is 5. The van der Waals surface area contributed by atoms with Crippen LogP contribution in [0, 0.1) is 0 Å². The van der Waals surface area contributed by atoms with Crippen LogP contribution in [-0.2, 0) is 18.3 Å². The molecule has 142 valence electrons. The zero-order valence-corrected chi connectivity index (χ0v) is 14.7. The van der Waals surface area contributed by atoms with Crippen molar-refractivity contribution in [2.24, 2.45) is 0 Å². The van der Waals surface area contributed by atoms with E-state index in [0.717, 1.165) is 6.07 Å². The summed E-state index contributed by atoms with van der Waals surface area (Å²) in [5, 5.41) is 18.3. The molecule has 6 nitrogen and oxygen atoms in total. The standard InChI is InChI=1S/C17H14ClF3N4O2/c1-16(26,10-25-9-8-22-24-25)13-6-7-14(23-15(13)17(19,20)21)27-12-4-2-11(18)3-5-12/h2-9,26H,10H2,1H3. The van der Waals surface area contributed by atoms with Gasteiger partial charge < -0.3 is 9.84 Å². The molecule has 2 heterocycles. The minimum Gasteiger partial charge on any atom is -0.439 e. The van der Waals surface area contributed by atoms with Crippen LogP contribution in [0.5, 0.6) is 11.6 Å². The first kappa shape index (κ1) is 19.1. The second-order valence-corrected chi connectivity index (χ2v) is 6.41. The number of nitrogens with zero attached hydrogens (tertiary/aromatic N) is 4. The summed E-state index contributed by atoms with van der Waals surface area (Å²) in [6.45, 7) is 1.02. The van der Waals surface area contributed by atoms with Gasteiger partial charge in [-0.15, -0.1) is 5.10 Å². The van der Waals surface area contributed by atoms with Crippen molar-refractivity contribution in [2.45, 2.75) is 25.2 Å². The molecule has 1 aromatic carbocycles. The Morgan fingerprint density at radius 1 is 1.15 bits per heavy atom. The number of rotatable bonds is 5. The highest BCUT2D eigenvalue weighted by molar-refractivity contribution is 6.30. The second kappa shape index (κ2) is 7.16. The van der Waals surface area contributed by atoms with Crippen molar-refractivity contribution in [3.63, 3.8) is 0 Å². The maximum Gasteiger partial charge on any atom is 0.433 e. The Morgan fingerprint density at radius 3 is 2.44 bits per heavy atom. The van der Waals surface area contributed by atoms with Gasteiger partial charge in [0.25, 0.3) is 0 Å². The van der Waals surface area contributed by atoms with Gasteiger partial charge in [-0.25, -0.2) is 9.67 Å². The van der Waals surface area contributed by atoms with Gasteiger partial charge in [0.15, 0.2) is 5.69 Å². The molecule has 27 heavy (non-hydrogen) atoms. The molecule has 0 fully saturated rings. The molecule has 2 aromatic heterocycles. The van der Waals surface area contributed by atoms with Gasteiger partial charge in [0.1, 0.15) is 11.4 Å². The number of alkyl halides is 3. The summed E-state index contributed by atoms with van der Waals surface area (Å²) in [7, 11) is 0.